The van der Waals surface area contributed by atoms with Gasteiger partial charge < -0.3 is 9.52 Å². The van der Waals surface area contributed by atoms with Crippen molar-refractivity contribution >= 4 is 0 Å². The van der Waals surface area contributed by atoms with Crippen LogP contribution in [0.1, 0.15) is 26.2 Å². The van der Waals surface area contributed by atoms with Gasteiger partial charge in [-0.25, -0.2) is 0 Å². The molecule has 1 saturated heterocycles. The third-order valence-corrected chi connectivity index (χ3v) is 3.94. The van der Waals surface area contributed by atoms with Gasteiger partial charge >= 0.3 is 0 Å². The molecule has 0 saturated carbocycles. The van der Waals surface area contributed by atoms with Crippen LogP contribution in [-0.4, -0.2) is 50.9 Å². The second kappa shape index (κ2) is 5.54. The fourth-order valence-corrected chi connectivity index (χ4v) is 2.71. The molecule has 6 heteroatoms. The zero-order valence-electron chi connectivity index (χ0n) is 12.4. The van der Waals surface area contributed by atoms with Gasteiger partial charge in [-0.1, -0.05) is 6.92 Å². The van der Waals surface area contributed by atoms with Crippen LogP contribution in [0, 0.1) is 0 Å². The van der Waals surface area contributed by atoms with Crippen LogP contribution in [0.5, 0.6) is 0 Å². The molecule has 21 heavy (non-hydrogen) atoms. The number of rotatable bonds is 5. The van der Waals surface area contributed by atoms with Crippen LogP contribution in [0.15, 0.2) is 28.9 Å². The van der Waals surface area contributed by atoms with Crippen molar-refractivity contribution < 1.29 is 9.52 Å². The Balaban J connectivity index is 1.68. The van der Waals surface area contributed by atoms with Crippen LogP contribution in [0.2, 0.25) is 0 Å². The van der Waals surface area contributed by atoms with Gasteiger partial charge in [-0.15, -0.1) is 10.2 Å². The minimum atomic E-state index is -0.261. The molecular weight excluding hydrogens is 268 g/mol. The van der Waals surface area contributed by atoms with Gasteiger partial charge in [0, 0.05) is 32.0 Å². The lowest BCUT2D eigenvalue weighted by atomic mass is 9.81. The van der Waals surface area contributed by atoms with Crippen molar-refractivity contribution in [3.63, 3.8) is 0 Å². The highest BCUT2D eigenvalue weighted by Crippen LogP contribution is 2.34. The molecule has 3 heterocycles. The van der Waals surface area contributed by atoms with Crippen molar-refractivity contribution in [2.75, 3.05) is 19.6 Å². The van der Waals surface area contributed by atoms with E-state index in [1.807, 2.05) is 19.1 Å². The molecular formula is C15H20N4O2. The van der Waals surface area contributed by atoms with Crippen molar-refractivity contribution in [2.45, 2.75) is 31.8 Å². The highest BCUT2D eigenvalue weighted by Gasteiger charge is 2.44. The molecule has 2 aromatic heterocycles. The highest BCUT2D eigenvalue weighted by molar-refractivity contribution is 5.50. The van der Waals surface area contributed by atoms with Crippen molar-refractivity contribution in [3.05, 3.63) is 30.4 Å². The smallest absolute Gasteiger partial charge is 0.249 e. The molecule has 0 aromatic carbocycles. The van der Waals surface area contributed by atoms with Crippen molar-refractivity contribution in [2.24, 2.45) is 0 Å². The first-order valence-electron chi connectivity index (χ1n) is 7.25. The molecule has 1 aliphatic rings. The lowest BCUT2D eigenvalue weighted by Gasteiger charge is -2.46. The Morgan fingerprint density at radius 2 is 2.24 bits per heavy atom. The maximum atomic E-state index is 9.69. The average molecular weight is 288 g/mol. The minimum absolute atomic E-state index is 0.124. The summed E-state index contributed by atoms with van der Waals surface area (Å²) in [6, 6.07) is 3.75. The first-order chi connectivity index (χ1) is 10.1. The summed E-state index contributed by atoms with van der Waals surface area (Å²) in [5.41, 5.74) is 0.707. The van der Waals surface area contributed by atoms with E-state index in [9.17, 15) is 5.11 Å². The highest BCUT2D eigenvalue weighted by atomic mass is 16.4. The normalized spacial score (nSPS) is 19.2. The van der Waals surface area contributed by atoms with E-state index in [4.69, 9.17) is 4.42 Å². The summed E-state index contributed by atoms with van der Waals surface area (Å²) in [6.07, 6.45) is 3.94. The van der Waals surface area contributed by atoms with Gasteiger partial charge in [0.1, 0.15) is 0 Å². The quantitative estimate of drug-likeness (QED) is 0.898. The van der Waals surface area contributed by atoms with E-state index in [0.29, 0.717) is 18.3 Å². The maximum absolute atomic E-state index is 9.69. The maximum Gasteiger partial charge on any atom is 0.249 e. The summed E-state index contributed by atoms with van der Waals surface area (Å²) in [6.45, 7) is 6.47. The van der Waals surface area contributed by atoms with Gasteiger partial charge in [-0.2, -0.15) is 0 Å². The number of nitrogens with zero attached hydrogens (tertiary/aromatic N) is 4. The Bertz CT molecular complexity index is 593. The molecule has 112 valence electrons. The lowest BCUT2D eigenvalue weighted by Crippen LogP contribution is -2.59. The number of aromatic nitrogens is 3. The Hall–Kier alpha value is -1.79. The van der Waals surface area contributed by atoms with Gasteiger partial charge in [0.15, 0.2) is 0 Å². The van der Waals surface area contributed by atoms with Crippen LogP contribution >= 0.6 is 0 Å². The molecule has 0 spiro atoms. The zero-order valence-corrected chi connectivity index (χ0v) is 12.4. The van der Waals surface area contributed by atoms with Crippen molar-refractivity contribution in [1.29, 1.82) is 0 Å². The van der Waals surface area contributed by atoms with E-state index in [-0.39, 0.29) is 11.5 Å². The Morgan fingerprint density at radius 1 is 1.43 bits per heavy atom. The van der Waals surface area contributed by atoms with Gasteiger partial charge in [0.25, 0.3) is 0 Å². The standard InChI is InChI=1S/C15H20N4O2/c1-3-12(20)8-19-9-15(2,10-19)14-18-17-13(21-14)11-5-4-6-16-7-11/h4-7,12,20H,3,8-10H2,1-2H3/t12-/m1/s1. The van der Waals surface area contributed by atoms with Gasteiger partial charge in [-0.3, -0.25) is 9.88 Å². The summed E-state index contributed by atoms with van der Waals surface area (Å²) in [5, 5.41) is 18.0. The molecule has 0 radical (unpaired) electrons. The Morgan fingerprint density at radius 3 is 2.90 bits per heavy atom. The molecule has 0 aliphatic carbocycles. The second-order valence-corrected chi connectivity index (χ2v) is 5.95. The van der Waals surface area contributed by atoms with E-state index in [0.717, 1.165) is 25.1 Å². The largest absolute Gasteiger partial charge is 0.420 e. The molecule has 0 bridgehead atoms. The molecule has 1 aliphatic heterocycles. The molecule has 3 rings (SSSR count). The van der Waals surface area contributed by atoms with Crippen LogP contribution in [-0.2, 0) is 5.41 Å². The lowest BCUT2D eigenvalue weighted by molar-refractivity contribution is 0.0144. The average Bonchev–Trinajstić information content (AvgIpc) is 2.96. The third kappa shape index (κ3) is 2.82. The summed E-state index contributed by atoms with van der Waals surface area (Å²) in [5.74, 6) is 1.16. The van der Waals surface area contributed by atoms with E-state index in [1.165, 1.54) is 0 Å². The first-order valence-corrected chi connectivity index (χ1v) is 7.25. The summed E-state index contributed by atoms with van der Waals surface area (Å²) < 4.78 is 5.80. The van der Waals surface area contributed by atoms with Crippen molar-refractivity contribution in [1.82, 2.24) is 20.1 Å². The summed E-state index contributed by atoms with van der Waals surface area (Å²) in [4.78, 5) is 6.27. The zero-order chi connectivity index (χ0) is 14.9. The molecule has 0 amide bonds. The number of aliphatic hydroxyl groups is 1. The summed E-state index contributed by atoms with van der Waals surface area (Å²) >= 11 is 0. The molecule has 1 N–H and O–H groups in total. The SMILES string of the molecule is CC[C@@H](O)CN1CC(C)(c2nnc(-c3cccnc3)o2)C1. The summed E-state index contributed by atoms with van der Waals surface area (Å²) in [7, 11) is 0. The molecule has 1 fully saturated rings. The predicted molar refractivity (Wildman–Crippen MR) is 77.6 cm³/mol. The van der Waals surface area contributed by atoms with Gasteiger partial charge in [0.05, 0.1) is 17.1 Å². The number of hydrogen-bond acceptors (Lipinski definition) is 6. The number of β-amino-alcohol motifs (C(OH)–C–C–N with tert-alkyl or cyclic N) is 1. The number of pyridine rings is 1. The monoisotopic (exact) mass is 288 g/mol. The predicted octanol–water partition coefficient (Wildman–Crippen LogP) is 1.48. The molecule has 2 aromatic rings. The van der Waals surface area contributed by atoms with E-state index in [2.05, 4.69) is 27.0 Å². The topological polar surface area (TPSA) is 75.3 Å². The number of likely N-dealkylation sites (tertiary alicyclic amines) is 1. The second-order valence-electron chi connectivity index (χ2n) is 5.95. The van der Waals surface area contributed by atoms with Gasteiger partial charge in [0.2, 0.25) is 11.8 Å². The van der Waals surface area contributed by atoms with Crippen LogP contribution in [0.25, 0.3) is 11.5 Å². The third-order valence-electron chi connectivity index (χ3n) is 3.94. The van der Waals surface area contributed by atoms with Crippen LogP contribution < -0.4 is 0 Å². The van der Waals surface area contributed by atoms with Crippen LogP contribution in [0.3, 0.4) is 0 Å². The number of hydrogen-bond donors (Lipinski definition) is 1. The Kier molecular flexibility index (Phi) is 3.73. The molecule has 1 atom stereocenters. The minimum Gasteiger partial charge on any atom is -0.420 e. The fraction of sp³-hybridized carbons (Fsp3) is 0.533. The van der Waals surface area contributed by atoms with Crippen molar-refractivity contribution in [3.8, 4) is 11.5 Å². The molecule has 6 nitrogen and oxygen atoms in total. The fourth-order valence-electron chi connectivity index (χ4n) is 2.71. The first kappa shape index (κ1) is 14.2. The van der Waals surface area contributed by atoms with Crippen LogP contribution in [0.4, 0.5) is 0 Å². The molecule has 0 unspecified atom stereocenters. The van der Waals surface area contributed by atoms with E-state index >= 15 is 0 Å². The van der Waals surface area contributed by atoms with Gasteiger partial charge in [-0.05, 0) is 25.5 Å². The Labute approximate surface area is 123 Å². The van der Waals surface area contributed by atoms with E-state index < -0.39 is 0 Å². The van der Waals surface area contributed by atoms with E-state index in [1.54, 1.807) is 12.4 Å². The number of aliphatic hydroxyl groups excluding tert-OH is 1.